The third-order valence-corrected chi connectivity index (χ3v) is 8.59. The number of halogens is 1. The average Bonchev–Trinajstić information content (AvgIpc) is 3.31. The lowest BCUT2D eigenvalue weighted by atomic mass is 9.92. The van der Waals surface area contributed by atoms with Gasteiger partial charge in [0.2, 0.25) is 0 Å². The van der Waals surface area contributed by atoms with Crippen LogP contribution in [-0.4, -0.2) is 50.0 Å². The van der Waals surface area contributed by atoms with Gasteiger partial charge in [0.15, 0.2) is 0 Å². The number of hydrogen-bond donors (Lipinski definition) is 0. The summed E-state index contributed by atoms with van der Waals surface area (Å²) in [4.78, 5) is 62.6. The molecular formula is C37H33ClN4O4. The van der Waals surface area contributed by atoms with Crippen molar-refractivity contribution in [3.63, 3.8) is 0 Å². The molecule has 1 aliphatic heterocycles. The molecule has 8 nitrogen and oxygen atoms in total. The predicted octanol–water partition coefficient (Wildman–Crippen LogP) is 6.46. The van der Waals surface area contributed by atoms with Crippen LogP contribution < -0.4 is 5.56 Å². The average molecular weight is 633 g/mol. The Balaban J connectivity index is 1.41. The number of imide groups is 1. The van der Waals surface area contributed by atoms with Gasteiger partial charge in [-0.2, -0.15) is 0 Å². The Morgan fingerprint density at radius 2 is 1.46 bits per heavy atom. The maximum Gasteiger partial charge on any atom is 0.261 e. The zero-order chi connectivity index (χ0) is 32.4. The number of benzene rings is 3. The zero-order valence-electron chi connectivity index (χ0n) is 25.6. The number of aromatic nitrogens is 2. The lowest BCUT2D eigenvalue weighted by molar-refractivity contribution is 0.0583. The van der Waals surface area contributed by atoms with E-state index in [1.807, 2.05) is 50.2 Å². The fraction of sp³-hybridized carbons (Fsp3) is 0.216. The molecule has 1 atom stereocenters. The molecule has 2 aromatic heterocycles. The maximum absolute atomic E-state index is 14.4. The smallest absolute Gasteiger partial charge is 0.261 e. The van der Waals surface area contributed by atoms with E-state index in [9.17, 15) is 19.2 Å². The van der Waals surface area contributed by atoms with Crippen LogP contribution in [0.2, 0.25) is 5.02 Å². The van der Waals surface area contributed by atoms with Gasteiger partial charge in [-0.1, -0.05) is 74.0 Å². The quantitative estimate of drug-likeness (QED) is 0.165. The minimum atomic E-state index is -0.595. The van der Waals surface area contributed by atoms with E-state index in [2.05, 4.69) is 0 Å². The monoisotopic (exact) mass is 632 g/mol. The molecule has 232 valence electrons. The largest absolute Gasteiger partial charge is 0.330 e. The van der Waals surface area contributed by atoms with E-state index in [0.29, 0.717) is 51.5 Å². The number of nitrogens with zero attached hydrogens (tertiary/aromatic N) is 4. The highest BCUT2D eigenvalue weighted by atomic mass is 35.5. The maximum atomic E-state index is 14.4. The standard InChI is InChI=1S/C37H33ClN4O4/c1-24(2)33(32-30(23-25-11-4-3-5-12-25)37(46)40-20-9-8-15-31(40)39-32)41(34(43)26-16-18-27(38)19-17-26)21-10-22-42-35(44)28-13-6-7-14-29(28)36(42)45/h3-9,11-20,24,33H,10,21-23H2,1-2H3. The number of pyridine rings is 1. The van der Waals surface area contributed by atoms with Crippen molar-refractivity contribution in [2.45, 2.75) is 32.7 Å². The molecule has 6 rings (SSSR count). The first kappa shape index (κ1) is 30.9. The Morgan fingerprint density at radius 3 is 2.11 bits per heavy atom. The molecule has 9 heteroatoms. The molecule has 5 aromatic rings. The minimum absolute atomic E-state index is 0.131. The molecule has 0 saturated heterocycles. The third kappa shape index (κ3) is 5.96. The SMILES string of the molecule is CC(C)C(c1nc2ccccn2c(=O)c1Cc1ccccc1)N(CCCN1C(=O)c2ccccc2C1=O)C(=O)c1ccc(Cl)cc1. The summed E-state index contributed by atoms with van der Waals surface area (Å²) in [5.74, 6) is -1.10. The summed E-state index contributed by atoms with van der Waals surface area (Å²) in [6.45, 7) is 4.33. The summed E-state index contributed by atoms with van der Waals surface area (Å²) < 4.78 is 1.53. The molecule has 1 unspecified atom stereocenters. The van der Waals surface area contributed by atoms with Crippen LogP contribution in [-0.2, 0) is 6.42 Å². The fourth-order valence-electron chi connectivity index (χ4n) is 6.14. The number of carbonyl (C=O) groups is 3. The van der Waals surface area contributed by atoms with Crippen LogP contribution in [0.1, 0.15) is 74.2 Å². The lowest BCUT2D eigenvalue weighted by Crippen LogP contribution is -2.42. The van der Waals surface area contributed by atoms with Gasteiger partial charge in [0.25, 0.3) is 23.3 Å². The van der Waals surface area contributed by atoms with Gasteiger partial charge < -0.3 is 4.90 Å². The minimum Gasteiger partial charge on any atom is -0.330 e. The first-order valence-corrected chi connectivity index (χ1v) is 15.7. The van der Waals surface area contributed by atoms with Gasteiger partial charge in [0.05, 0.1) is 22.9 Å². The van der Waals surface area contributed by atoms with Crippen LogP contribution in [0.25, 0.3) is 5.65 Å². The van der Waals surface area contributed by atoms with Crippen molar-refractivity contribution in [2.24, 2.45) is 5.92 Å². The second-order valence-electron chi connectivity index (χ2n) is 11.7. The van der Waals surface area contributed by atoms with E-state index in [4.69, 9.17) is 16.6 Å². The molecule has 3 amide bonds. The summed E-state index contributed by atoms with van der Waals surface area (Å²) in [6.07, 6.45) is 2.36. The highest BCUT2D eigenvalue weighted by molar-refractivity contribution is 6.30. The summed E-state index contributed by atoms with van der Waals surface area (Å²) in [6, 6.07) is 28.0. The van der Waals surface area contributed by atoms with E-state index < -0.39 is 6.04 Å². The van der Waals surface area contributed by atoms with Crippen LogP contribution in [0, 0.1) is 5.92 Å². The Kier molecular flexibility index (Phi) is 8.81. The van der Waals surface area contributed by atoms with Crippen LogP contribution in [0.3, 0.4) is 0 Å². The van der Waals surface area contributed by atoms with Crippen LogP contribution in [0.4, 0.5) is 0 Å². The zero-order valence-corrected chi connectivity index (χ0v) is 26.4. The van der Waals surface area contributed by atoms with Gasteiger partial charge in [-0.15, -0.1) is 0 Å². The van der Waals surface area contributed by atoms with Crippen LogP contribution >= 0.6 is 11.6 Å². The Labute approximate surface area is 271 Å². The normalized spacial score (nSPS) is 13.3. The topological polar surface area (TPSA) is 92.1 Å². The number of fused-ring (bicyclic) bond motifs is 2. The molecule has 3 aromatic carbocycles. The lowest BCUT2D eigenvalue weighted by Gasteiger charge is -2.36. The Morgan fingerprint density at radius 1 is 0.826 bits per heavy atom. The van der Waals surface area contributed by atoms with E-state index in [1.54, 1.807) is 71.8 Å². The van der Waals surface area contributed by atoms with Gasteiger partial charge in [-0.3, -0.25) is 28.5 Å². The predicted molar refractivity (Wildman–Crippen MR) is 177 cm³/mol. The molecular weight excluding hydrogens is 600 g/mol. The molecule has 0 fully saturated rings. The molecule has 0 bridgehead atoms. The van der Waals surface area contributed by atoms with Crippen molar-refractivity contribution in [3.8, 4) is 0 Å². The van der Waals surface area contributed by atoms with Crippen LogP contribution in [0.15, 0.2) is 108 Å². The first-order chi connectivity index (χ1) is 22.2. The van der Waals surface area contributed by atoms with Gasteiger partial charge >= 0.3 is 0 Å². The van der Waals surface area contributed by atoms with E-state index in [0.717, 1.165) is 5.56 Å². The van der Waals surface area contributed by atoms with Gasteiger partial charge in [0.1, 0.15) is 5.65 Å². The second-order valence-corrected chi connectivity index (χ2v) is 12.2. The molecule has 0 N–H and O–H groups in total. The molecule has 3 heterocycles. The summed E-state index contributed by atoms with van der Waals surface area (Å²) >= 11 is 6.16. The van der Waals surface area contributed by atoms with Crippen molar-refractivity contribution in [1.82, 2.24) is 19.2 Å². The van der Waals surface area contributed by atoms with Gasteiger partial charge in [-0.25, -0.2) is 4.98 Å². The molecule has 1 aliphatic rings. The molecule has 0 aliphatic carbocycles. The first-order valence-electron chi connectivity index (χ1n) is 15.3. The van der Waals surface area contributed by atoms with Crippen molar-refractivity contribution in [3.05, 3.63) is 152 Å². The third-order valence-electron chi connectivity index (χ3n) is 8.34. The van der Waals surface area contributed by atoms with Crippen molar-refractivity contribution in [1.29, 1.82) is 0 Å². The molecule has 46 heavy (non-hydrogen) atoms. The molecule has 0 saturated carbocycles. The van der Waals surface area contributed by atoms with Gasteiger partial charge in [0, 0.05) is 41.9 Å². The van der Waals surface area contributed by atoms with E-state index in [-0.39, 0.29) is 42.3 Å². The highest BCUT2D eigenvalue weighted by Gasteiger charge is 2.36. The molecule has 0 radical (unpaired) electrons. The summed E-state index contributed by atoms with van der Waals surface area (Å²) in [5.41, 5.74) is 3.46. The summed E-state index contributed by atoms with van der Waals surface area (Å²) in [7, 11) is 0. The second kappa shape index (κ2) is 13.1. The van der Waals surface area contributed by atoms with Gasteiger partial charge in [-0.05, 0) is 66.4 Å². The van der Waals surface area contributed by atoms with E-state index >= 15 is 0 Å². The Bertz CT molecular complexity index is 1950. The highest BCUT2D eigenvalue weighted by Crippen LogP contribution is 2.32. The number of amides is 3. The van der Waals surface area contributed by atoms with Crippen molar-refractivity contribution < 1.29 is 14.4 Å². The Hall–Kier alpha value is -5.08. The number of carbonyl (C=O) groups excluding carboxylic acids is 3. The number of rotatable bonds is 10. The summed E-state index contributed by atoms with van der Waals surface area (Å²) in [5, 5.41) is 0.503. The fourth-order valence-corrected chi connectivity index (χ4v) is 6.27. The van der Waals surface area contributed by atoms with Crippen molar-refractivity contribution >= 4 is 35.0 Å². The number of hydrogen-bond acceptors (Lipinski definition) is 5. The van der Waals surface area contributed by atoms with Crippen molar-refractivity contribution in [2.75, 3.05) is 13.1 Å². The molecule has 0 spiro atoms. The van der Waals surface area contributed by atoms with Crippen LogP contribution in [0.5, 0.6) is 0 Å². The van der Waals surface area contributed by atoms with E-state index in [1.165, 1.54) is 9.30 Å².